The van der Waals surface area contributed by atoms with Crippen molar-refractivity contribution in [1.29, 1.82) is 0 Å². The second-order valence-corrected chi connectivity index (χ2v) is 8.82. The maximum Gasteiger partial charge on any atom is 0.223 e. The Morgan fingerprint density at radius 1 is 1.00 bits per heavy atom. The van der Waals surface area contributed by atoms with Crippen molar-refractivity contribution in [2.45, 2.75) is 33.2 Å². The molecule has 1 aromatic heterocycles. The van der Waals surface area contributed by atoms with Crippen molar-refractivity contribution < 1.29 is 14.3 Å². The van der Waals surface area contributed by atoms with E-state index in [2.05, 4.69) is 54.1 Å². The zero-order chi connectivity index (χ0) is 23.0. The number of carbonyl (C=O) groups is 1. The van der Waals surface area contributed by atoms with Crippen LogP contribution in [0, 0.1) is 5.92 Å². The molecule has 172 valence electrons. The lowest BCUT2D eigenvalue weighted by Crippen LogP contribution is -2.34. The van der Waals surface area contributed by atoms with E-state index >= 15 is 0 Å². The molecule has 0 spiro atoms. The van der Waals surface area contributed by atoms with E-state index < -0.39 is 0 Å². The number of aromatic nitrogens is 2. The normalized spacial score (nSPS) is 14.8. The highest BCUT2D eigenvalue weighted by atomic mass is 16.5. The Kier molecular flexibility index (Phi) is 7.68. The minimum absolute atomic E-state index is 0.169. The smallest absolute Gasteiger partial charge is 0.223 e. The van der Waals surface area contributed by atoms with Crippen LogP contribution in [0.4, 0.5) is 0 Å². The second-order valence-electron chi connectivity index (χ2n) is 8.82. The van der Waals surface area contributed by atoms with Crippen LogP contribution in [0.5, 0.6) is 5.75 Å². The number of ether oxygens (including phenoxy) is 2. The Labute approximate surface area is 195 Å². The third kappa shape index (κ3) is 6.39. The van der Waals surface area contributed by atoms with E-state index in [1.807, 2.05) is 29.4 Å². The van der Waals surface area contributed by atoms with Crippen molar-refractivity contribution in [3.8, 4) is 16.9 Å². The van der Waals surface area contributed by atoms with Gasteiger partial charge in [-0.2, -0.15) is 0 Å². The molecule has 0 radical (unpaired) electrons. The summed E-state index contributed by atoms with van der Waals surface area (Å²) in [4.78, 5) is 23.0. The summed E-state index contributed by atoms with van der Waals surface area (Å²) in [6.45, 7) is 6.74. The highest BCUT2D eigenvalue weighted by Gasteiger charge is 2.16. The lowest BCUT2D eigenvalue weighted by molar-refractivity contribution is -0.133. The molecule has 6 nitrogen and oxygen atoms in total. The first-order chi connectivity index (χ1) is 16.1. The molecule has 0 saturated heterocycles. The van der Waals surface area contributed by atoms with Gasteiger partial charge in [-0.05, 0) is 40.3 Å². The van der Waals surface area contributed by atoms with Crippen molar-refractivity contribution in [3.63, 3.8) is 0 Å². The summed E-state index contributed by atoms with van der Waals surface area (Å²) in [5.41, 5.74) is 5.42. The van der Waals surface area contributed by atoms with E-state index in [1.165, 1.54) is 11.9 Å². The Balaban J connectivity index is 1.63. The van der Waals surface area contributed by atoms with Gasteiger partial charge in [-0.15, -0.1) is 0 Å². The Morgan fingerprint density at radius 3 is 2.64 bits per heavy atom. The largest absolute Gasteiger partial charge is 0.491 e. The molecule has 2 bridgehead atoms. The van der Waals surface area contributed by atoms with Gasteiger partial charge in [0.25, 0.3) is 0 Å². The van der Waals surface area contributed by atoms with Gasteiger partial charge < -0.3 is 14.4 Å². The van der Waals surface area contributed by atoms with Crippen LogP contribution in [0.3, 0.4) is 0 Å². The predicted octanol–water partition coefficient (Wildman–Crippen LogP) is 4.52. The van der Waals surface area contributed by atoms with E-state index in [4.69, 9.17) is 9.47 Å². The predicted molar refractivity (Wildman–Crippen MR) is 128 cm³/mol. The molecule has 0 saturated carbocycles. The Morgan fingerprint density at radius 2 is 1.82 bits per heavy atom. The van der Waals surface area contributed by atoms with Gasteiger partial charge in [0.15, 0.2) is 0 Å². The number of benzene rings is 2. The fourth-order valence-corrected chi connectivity index (χ4v) is 4.02. The topological polar surface area (TPSA) is 64.6 Å². The van der Waals surface area contributed by atoms with Gasteiger partial charge in [0.2, 0.25) is 5.91 Å². The van der Waals surface area contributed by atoms with Crippen molar-refractivity contribution in [2.75, 3.05) is 26.4 Å². The van der Waals surface area contributed by atoms with Crippen LogP contribution in [-0.2, 0) is 22.5 Å². The quantitative estimate of drug-likeness (QED) is 0.593. The standard InChI is InChI=1S/C27H31N3O3/c1-20(2)12-27(31)30-8-9-32-10-11-33-26-7-6-23(25-16-28-19-29-17-25)15-24(26)14-21-4-3-5-22(13-21)18-30/h3-7,13,15-17,19-20H,8-12,14,18H2,1-2H3. The molecular formula is C27H31N3O3. The van der Waals surface area contributed by atoms with Gasteiger partial charge in [0, 0.05) is 43.9 Å². The summed E-state index contributed by atoms with van der Waals surface area (Å²) < 4.78 is 11.9. The molecule has 6 heteroatoms. The van der Waals surface area contributed by atoms with Crippen LogP contribution in [0.1, 0.15) is 37.0 Å². The summed E-state index contributed by atoms with van der Waals surface area (Å²) in [5.74, 6) is 1.35. The van der Waals surface area contributed by atoms with Crippen molar-refractivity contribution in [3.05, 3.63) is 77.9 Å². The summed E-state index contributed by atoms with van der Waals surface area (Å²) >= 11 is 0. The lowest BCUT2D eigenvalue weighted by Gasteiger charge is -2.24. The minimum Gasteiger partial charge on any atom is -0.491 e. The molecule has 1 aliphatic heterocycles. The molecule has 0 aliphatic carbocycles. The fourth-order valence-electron chi connectivity index (χ4n) is 4.02. The summed E-state index contributed by atoms with van der Waals surface area (Å²) in [5, 5.41) is 0. The van der Waals surface area contributed by atoms with Crippen molar-refractivity contribution in [1.82, 2.24) is 14.9 Å². The molecule has 1 amide bonds. The number of nitrogens with zero attached hydrogens (tertiary/aromatic N) is 3. The highest BCUT2D eigenvalue weighted by molar-refractivity contribution is 5.76. The van der Waals surface area contributed by atoms with Gasteiger partial charge in [0.05, 0.1) is 13.2 Å². The van der Waals surface area contributed by atoms with E-state index in [9.17, 15) is 4.79 Å². The molecule has 0 atom stereocenters. The van der Waals surface area contributed by atoms with E-state index in [-0.39, 0.29) is 5.91 Å². The Bertz CT molecular complexity index is 1070. The first-order valence-electron chi connectivity index (χ1n) is 11.5. The zero-order valence-corrected chi connectivity index (χ0v) is 19.4. The van der Waals surface area contributed by atoms with Crippen LogP contribution in [0.2, 0.25) is 0 Å². The number of rotatable bonds is 3. The monoisotopic (exact) mass is 445 g/mol. The van der Waals surface area contributed by atoms with Gasteiger partial charge in [-0.3, -0.25) is 4.79 Å². The zero-order valence-electron chi connectivity index (χ0n) is 19.4. The average Bonchev–Trinajstić information content (AvgIpc) is 2.81. The van der Waals surface area contributed by atoms with Gasteiger partial charge >= 0.3 is 0 Å². The summed E-state index contributed by atoms with van der Waals surface area (Å²) in [7, 11) is 0. The van der Waals surface area contributed by atoms with Crippen LogP contribution in [0.25, 0.3) is 11.1 Å². The van der Waals surface area contributed by atoms with Crippen molar-refractivity contribution in [2.24, 2.45) is 5.92 Å². The number of hydrogen-bond acceptors (Lipinski definition) is 5. The Hall–Kier alpha value is -3.25. The van der Waals surface area contributed by atoms with E-state index in [0.29, 0.717) is 45.2 Å². The summed E-state index contributed by atoms with van der Waals surface area (Å²) in [6.07, 6.45) is 6.44. The van der Waals surface area contributed by atoms with Crippen molar-refractivity contribution >= 4 is 5.91 Å². The second kappa shape index (κ2) is 11.1. The first-order valence-corrected chi connectivity index (χ1v) is 11.5. The van der Waals surface area contributed by atoms with Crippen LogP contribution >= 0.6 is 0 Å². The average molecular weight is 446 g/mol. The maximum absolute atomic E-state index is 12.8. The minimum atomic E-state index is 0.169. The first kappa shape index (κ1) is 22.9. The molecule has 2 heterocycles. The number of hydrogen-bond donors (Lipinski definition) is 0. The molecule has 1 aliphatic rings. The summed E-state index contributed by atoms with van der Waals surface area (Å²) in [6, 6.07) is 14.7. The molecule has 3 aromatic rings. The van der Waals surface area contributed by atoms with Crippen LogP contribution in [0.15, 0.2) is 61.2 Å². The SMILES string of the molecule is CC(C)CC(=O)N1CCOCCOc2ccc(-c3cncnc3)cc2Cc2cccc(c2)C1. The molecular weight excluding hydrogens is 414 g/mol. The molecule has 33 heavy (non-hydrogen) atoms. The lowest BCUT2D eigenvalue weighted by atomic mass is 9.98. The molecule has 2 aromatic carbocycles. The van der Waals surface area contributed by atoms with Gasteiger partial charge in [-0.25, -0.2) is 9.97 Å². The van der Waals surface area contributed by atoms with E-state index in [1.54, 1.807) is 0 Å². The number of carbonyl (C=O) groups excluding carboxylic acids is 1. The maximum atomic E-state index is 12.8. The molecule has 0 fully saturated rings. The van der Waals surface area contributed by atoms with Crippen LogP contribution in [-0.4, -0.2) is 47.1 Å². The highest BCUT2D eigenvalue weighted by Crippen LogP contribution is 2.28. The third-order valence-corrected chi connectivity index (χ3v) is 5.64. The molecule has 4 rings (SSSR count). The van der Waals surface area contributed by atoms with Gasteiger partial charge in [-0.1, -0.05) is 44.2 Å². The fraction of sp³-hybridized carbons (Fsp3) is 0.370. The molecule has 0 N–H and O–H groups in total. The number of fused-ring (bicyclic) bond motifs is 3. The molecule has 0 unspecified atom stereocenters. The van der Waals surface area contributed by atoms with Gasteiger partial charge in [0.1, 0.15) is 18.7 Å². The number of amides is 1. The third-order valence-electron chi connectivity index (χ3n) is 5.64. The van der Waals surface area contributed by atoms with Crippen LogP contribution < -0.4 is 4.74 Å². The van der Waals surface area contributed by atoms with E-state index in [0.717, 1.165) is 34.4 Å².